The molecule has 4 rings (SSSR count). The van der Waals surface area contributed by atoms with E-state index in [0.29, 0.717) is 0 Å². The van der Waals surface area contributed by atoms with Gasteiger partial charge in [-0.25, -0.2) is 9.59 Å². The van der Waals surface area contributed by atoms with Gasteiger partial charge in [-0.3, -0.25) is 9.59 Å². The third-order valence-corrected chi connectivity index (χ3v) is 9.90. The normalized spacial score (nSPS) is 45.3. The van der Waals surface area contributed by atoms with Crippen LogP contribution in [0.15, 0.2) is 0 Å². The number of aliphatic hydroxyl groups is 8. The molecule has 4 fully saturated rings. The molecule has 0 spiro atoms. The minimum absolute atomic E-state index is 0.343. The summed E-state index contributed by atoms with van der Waals surface area (Å²) in [4.78, 5) is 48.8. The fourth-order valence-corrected chi connectivity index (χ4v) is 7.23. The molecule has 0 bridgehead atoms. The molecule has 4 aliphatic rings. The van der Waals surface area contributed by atoms with Crippen molar-refractivity contribution in [1.29, 1.82) is 0 Å². The average Bonchev–Trinajstić information content (AvgIpc) is 3.09. The summed E-state index contributed by atoms with van der Waals surface area (Å²) in [5, 5.41) is 126. The van der Waals surface area contributed by atoms with Crippen molar-refractivity contribution in [2.75, 3.05) is 0 Å². The molecule has 2 saturated heterocycles. The van der Waals surface area contributed by atoms with Gasteiger partial charge >= 0.3 is 23.9 Å². The van der Waals surface area contributed by atoms with E-state index in [1.54, 1.807) is 13.8 Å². The number of carboxylic acids is 4. The highest BCUT2D eigenvalue weighted by Gasteiger charge is 2.58. The molecule has 0 amide bonds. The topological polar surface area (TPSA) is 376 Å². The molecule has 0 radical (unpaired) electrons. The largest absolute Gasteiger partial charge is 0.481 e. The molecule has 2 aliphatic carbocycles. The SMILES string of the molecule is CC(C)O[C@@H]1C(C(=O)O)O[C@@H](O[C@H]2C(O)C(O)[C@H](O[C@@H]3C(C(=O)O)C[C@@H](O[C@@H]4C(C(=O)O)C[C@@H](OC(C)C)C(O)C4O)C(O)[C@H]3O)O[C@H]2C(=O)O)[C@@H](O)C1O. The van der Waals surface area contributed by atoms with Crippen LogP contribution in [0.25, 0.3) is 0 Å². The van der Waals surface area contributed by atoms with Crippen LogP contribution in [-0.2, 0) is 52.3 Å². The lowest BCUT2D eigenvalue weighted by Crippen LogP contribution is -2.67. The third-order valence-electron chi connectivity index (χ3n) is 9.90. The van der Waals surface area contributed by atoms with Crippen molar-refractivity contribution in [3.63, 3.8) is 0 Å². The second-order valence-electron chi connectivity index (χ2n) is 14.5. The first-order valence-corrected chi connectivity index (χ1v) is 17.5. The van der Waals surface area contributed by atoms with Crippen LogP contribution >= 0.6 is 0 Å². The summed E-state index contributed by atoms with van der Waals surface area (Å²) in [7, 11) is 0. The van der Waals surface area contributed by atoms with E-state index in [1.807, 2.05) is 0 Å². The van der Waals surface area contributed by atoms with Gasteiger partial charge in [0.15, 0.2) is 24.8 Å². The van der Waals surface area contributed by atoms with Crippen LogP contribution in [0, 0.1) is 11.8 Å². The van der Waals surface area contributed by atoms with Gasteiger partial charge in [-0.15, -0.1) is 0 Å². The Morgan fingerprint density at radius 1 is 0.455 bits per heavy atom. The first-order valence-electron chi connectivity index (χ1n) is 17.5. The van der Waals surface area contributed by atoms with E-state index in [4.69, 9.17) is 33.2 Å². The maximum atomic E-state index is 12.4. The molecule has 55 heavy (non-hydrogen) atoms. The number of rotatable bonds is 14. The van der Waals surface area contributed by atoms with Crippen LogP contribution in [0.1, 0.15) is 40.5 Å². The predicted octanol–water partition coefficient (Wildman–Crippen LogP) is -5.19. The molecule has 9 unspecified atom stereocenters. The molecule has 2 heterocycles. The van der Waals surface area contributed by atoms with Gasteiger partial charge in [-0.05, 0) is 40.5 Å². The molecule has 20 atom stereocenters. The van der Waals surface area contributed by atoms with Crippen molar-refractivity contribution in [3.05, 3.63) is 0 Å². The molecule has 316 valence electrons. The van der Waals surface area contributed by atoms with Gasteiger partial charge in [0.05, 0.1) is 42.4 Å². The Balaban J connectivity index is 1.51. The number of carbonyl (C=O) groups is 4. The van der Waals surface area contributed by atoms with Crippen LogP contribution in [0.2, 0.25) is 0 Å². The van der Waals surface area contributed by atoms with Gasteiger partial charge in [0.2, 0.25) is 0 Å². The van der Waals surface area contributed by atoms with E-state index in [2.05, 4.69) is 0 Å². The fourth-order valence-electron chi connectivity index (χ4n) is 7.23. The van der Waals surface area contributed by atoms with Crippen LogP contribution in [0.4, 0.5) is 0 Å². The van der Waals surface area contributed by atoms with E-state index < -0.39 is 165 Å². The highest BCUT2D eigenvalue weighted by Crippen LogP contribution is 2.38. The molecule has 0 aromatic rings. The van der Waals surface area contributed by atoms with Crippen molar-refractivity contribution < 1.29 is 114 Å². The monoisotopic (exact) mass is 802 g/mol. The molecule has 12 N–H and O–H groups in total. The van der Waals surface area contributed by atoms with Gasteiger partial charge in [-0.2, -0.15) is 0 Å². The smallest absolute Gasteiger partial charge is 0.335 e. The van der Waals surface area contributed by atoms with Crippen LogP contribution in [0.5, 0.6) is 0 Å². The van der Waals surface area contributed by atoms with E-state index in [0.717, 1.165) is 0 Å². The molecule has 23 heteroatoms. The number of ether oxygens (including phenoxy) is 7. The standard InChI is InChI=1S/C32H50O23/c1-7(2)49-11-5-9(27(41)42)21(15(35)13(11)33)51-12-6-10(28(43)44)22(16(36)14(12)34)52-31-20(40)18(38)24(26(55-31)30(47)48)53-32-19(39)17(37)23(50-8(3)4)25(54-32)29(45)46/h7-26,31-40H,5-6H2,1-4H3,(H,41,42)(H,43,44)(H,45,46)(H,47,48)/t9?,10?,11-,12-,13?,14?,15?,16-,17?,18?,19+,20?,21-,22-,23+,24+,25?,26-,31-,32-/m1/s1. The Morgan fingerprint density at radius 3 is 1.25 bits per heavy atom. The van der Waals surface area contributed by atoms with Gasteiger partial charge in [-0.1, -0.05) is 0 Å². The number of aliphatic carboxylic acids is 4. The maximum absolute atomic E-state index is 12.4. The van der Waals surface area contributed by atoms with Gasteiger partial charge < -0.3 is 94.4 Å². The Kier molecular flexibility index (Phi) is 14.9. The summed E-state index contributed by atoms with van der Waals surface area (Å²) in [5.74, 6) is -10.1. The lowest BCUT2D eigenvalue weighted by molar-refractivity contribution is -0.362. The Labute approximate surface area is 312 Å². The first-order chi connectivity index (χ1) is 25.6. The maximum Gasteiger partial charge on any atom is 0.335 e. The van der Waals surface area contributed by atoms with Crippen LogP contribution in [-0.4, -0.2) is 208 Å². The Hall–Kier alpha value is -2.72. The minimum atomic E-state index is -2.33. The second kappa shape index (κ2) is 18.3. The molecule has 0 aromatic carbocycles. The summed E-state index contributed by atoms with van der Waals surface area (Å²) < 4.78 is 38.0. The molecular weight excluding hydrogens is 752 g/mol. The van der Waals surface area contributed by atoms with Crippen LogP contribution < -0.4 is 0 Å². The highest BCUT2D eigenvalue weighted by molar-refractivity contribution is 5.74. The zero-order valence-corrected chi connectivity index (χ0v) is 30.0. The zero-order chi connectivity index (χ0) is 41.4. The van der Waals surface area contributed by atoms with Crippen molar-refractivity contribution in [2.24, 2.45) is 11.8 Å². The third kappa shape index (κ3) is 9.70. The fraction of sp³-hybridized carbons (Fsp3) is 0.875. The zero-order valence-electron chi connectivity index (χ0n) is 30.0. The highest BCUT2D eigenvalue weighted by atomic mass is 16.8. The summed E-state index contributed by atoms with van der Waals surface area (Å²) in [5.41, 5.74) is 0. The summed E-state index contributed by atoms with van der Waals surface area (Å²) in [6, 6.07) is 0. The van der Waals surface area contributed by atoms with Crippen molar-refractivity contribution in [3.8, 4) is 0 Å². The lowest BCUT2D eigenvalue weighted by atomic mass is 9.78. The summed E-state index contributed by atoms with van der Waals surface area (Å²) >= 11 is 0. The van der Waals surface area contributed by atoms with E-state index >= 15 is 0 Å². The quantitative estimate of drug-likeness (QED) is 0.0781. The number of hydrogen-bond acceptors (Lipinski definition) is 19. The summed E-state index contributed by atoms with van der Waals surface area (Å²) in [6.07, 6.45) is -37.8. The molecule has 0 aromatic heterocycles. The Morgan fingerprint density at radius 2 is 0.818 bits per heavy atom. The van der Waals surface area contributed by atoms with E-state index in [9.17, 15) is 80.5 Å². The number of aliphatic hydroxyl groups excluding tert-OH is 8. The van der Waals surface area contributed by atoms with Crippen molar-refractivity contribution in [2.45, 2.75) is 163 Å². The molecule has 2 aliphatic heterocycles. The van der Waals surface area contributed by atoms with Gasteiger partial charge in [0.1, 0.15) is 67.1 Å². The summed E-state index contributed by atoms with van der Waals surface area (Å²) in [6.45, 7) is 6.26. The van der Waals surface area contributed by atoms with Gasteiger partial charge in [0, 0.05) is 0 Å². The number of carboxylic acid groups (broad SMARTS) is 4. The second-order valence-corrected chi connectivity index (χ2v) is 14.5. The first kappa shape index (κ1) is 45.0. The Bertz CT molecular complexity index is 1350. The number of hydrogen-bond donors (Lipinski definition) is 12. The average molecular weight is 803 g/mol. The van der Waals surface area contributed by atoms with Gasteiger partial charge in [0.25, 0.3) is 0 Å². The van der Waals surface area contributed by atoms with Crippen molar-refractivity contribution >= 4 is 23.9 Å². The van der Waals surface area contributed by atoms with Crippen molar-refractivity contribution in [1.82, 2.24) is 0 Å². The molecule has 2 saturated carbocycles. The van der Waals surface area contributed by atoms with E-state index in [-0.39, 0.29) is 6.42 Å². The molecule has 23 nitrogen and oxygen atoms in total. The molecular formula is C32H50O23. The van der Waals surface area contributed by atoms with E-state index in [1.165, 1.54) is 13.8 Å². The lowest BCUT2D eigenvalue weighted by Gasteiger charge is -2.48. The predicted molar refractivity (Wildman–Crippen MR) is 171 cm³/mol. The minimum Gasteiger partial charge on any atom is -0.481 e. The van der Waals surface area contributed by atoms with Crippen LogP contribution in [0.3, 0.4) is 0 Å².